The van der Waals surface area contributed by atoms with Gasteiger partial charge in [0.15, 0.2) is 5.96 Å². The molecule has 3 aliphatic heterocycles. The van der Waals surface area contributed by atoms with Crippen LogP contribution in [0, 0.1) is 0 Å². The highest BCUT2D eigenvalue weighted by Gasteiger charge is 2.23. The smallest absolute Gasteiger partial charge is 0.193 e. The number of likely N-dealkylation sites (tertiary alicyclic amines) is 2. The fourth-order valence-electron chi connectivity index (χ4n) is 4.33. The van der Waals surface area contributed by atoms with Crippen molar-refractivity contribution in [2.75, 3.05) is 59.0 Å². The lowest BCUT2D eigenvalue weighted by atomic mass is 10.1. The molecule has 3 aliphatic rings. The van der Waals surface area contributed by atoms with Crippen LogP contribution < -0.4 is 5.32 Å². The second-order valence-electron chi connectivity index (χ2n) is 8.15. The molecule has 1 N–H and O–H groups in total. The molecule has 0 bridgehead atoms. The van der Waals surface area contributed by atoms with E-state index in [1.165, 1.54) is 45.3 Å². The SMILES string of the molecule is CCNC(=NCCCN1CCCC1)N1CCC(OCC2CCCCO2)CC1. The van der Waals surface area contributed by atoms with E-state index in [-0.39, 0.29) is 0 Å². The topological polar surface area (TPSA) is 49.3 Å². The maximum absolute atomic E-state index is 6.15. The minimum absolute atomic E-state index is 0.325. The summed E-state index contributed by atoms with van der Waals surface area (Å²) in [6, 6.07) is 0. The van der Waals surface area contributed by atoms with Gasteiger partial charge in [-0.05, 0) is 77.9 Å². The van der Waals surface area contributed by atoms with Crippen LogP contribution in [0.25, 0.3) is 0 Å². The van der Waals surface area contributed by atoms with Crippen molar-refractivity contribution in [1.29, 1.82) is 0 Å². The van der Waals surface area contributed by atoms with E-state index in [0.29, 0.717) is 12.2 Å². The van der Waals surface area contributed by atoms with Crippen LogP contribution in [0.4, 0.5) is 0 Å². The first-order valence-corrected chi connectivity index (χ1v) is 11.3. The summed E-state index contributed by atoms with van der Waals surface area (Å²) in [6.07, 6.45) is 10.4. The summed E-state index contributed by atoms with van der Waals surface area (Å²) in [5.74, 6) is 1.09. The summed E-state index contributed by atoms with van der Waals surface area (Å²) in [7, 11) is 0. The first kappa shape index (κ1) is 20.9. The van der Waals surface area contributed by atoms with Crippen molar-refractivity contribution >= 4 is 5.96 Å². The lowest BCUT2D eigenvalue weighted by Gasteiger charge is -2.35. The van der Waals surface area contributed by atoms with Crippen molar-refractivity contribution in [3.8, 4) is 0 Å². The van der Waals surface area contributed by atoms with Gasteiger partial charge in [-0.3, -0.25) is 4.99 Å². The molecule has 27 heavy (non-hydrogen) atoms. The maximum Gasteiger partial charge on any atom is 0.193 e. The van der Waals surface area contributed by atoms with Crippen LogP contribution in [-0.4, -0.2) is 87.0 Å². The fourth-order valence-corrected chi connectivity index (χ4v) is 4.33. The van der Waals surface area contributed by atoms with Crippen LogP contribution in [0.15, 0.2) is 4.99 Å². The van der Waals surface area contributed by atoms with Gasteiger partial charge in [0, 0.05) is 32.8 Å². The van der Waals surface area contributed by atoms with Gasteiger partial charge in [-0.2, -0.15) is 0 Å². The molecule has 3 saturated heterocycles. The second kappa shape index (κ2) is 11.9. The van der Waals surface area contributed by atoms with E-state index in [1.54, 1.807) is 0 Å². The molecule has 156 valence electrons. The molecule has 0 radical (unpaired) electrons. The number of aliphatic imine (C=N–C) groups is 1. The minimum Gasteiger partial charge on any atom is -0.376 e. The lowest BCUT2D eigenvalue weighted by molar-refractivity contribution is -0.0721. The van der Waals surface area contributed by atoms with Gasteiger partial charge in [-0.15, -0.1) is 0 Å². The third-order valence-corrected chi connectivity index (χ3v) is 5.96. The Morgan fingerprint density at radius 2 is 1.89 bits per heavy atom. The number of rotatable bonds is 8. The average molecular weight is 381 g/mol. The third kappa shape index (κ3) is 7.24. The number of ether oxygens (including phenoxy) is 2. The van der Waals surface area contributed by atoms with E-state index in [2.05, 4.69) is 22.0 Å². The average Bonchev–Trinajstić information content (AvgIpc) is 3.24. The predicted molar refractivity (Wildman–Crippen MR) is 110 cm³/mol. The number of nitrogens with zero attached hydrogens (tertiary/aromatic N) is 3. The van der Waals surface area contributed by atoms with Crippen LogP contribution in [0.1, 0.15) is 58.3 Å². The molecule has 0 aromatic rings. The standard InChI is InChI=1S/C21H40N4O2/c1-2-22-21(23-11-7-14-24-12-4-5-13-24)25-15-9-19(10-16-25)27-18-20-8-3-6-17-26-20/h19-20H,2-18H2,1H3,(H,22,23). The summed E-state index contributed by atoms with van der Waals surface area (Å²) in [4.78, 5) is 9.87. The Kier molecular flexibility index (Phi) is 9.18. The van der Waals surface area contributed by atoms with Gasteiger partial charge in [-0.25, -0.2) is 0 Å². The summed E-state index contributed by atoms with van der Waals surface area (Å²) in [6.45, 7) is 11.5. The molecule has 0 amide bonds. The molecule has 6 heteroatoms. The van der Waals surface area contributed by atoms with Crippen molar-refractivity contribution in [1.82, 2.24) is 15.1 Å². The first-order valence-electron chi connectivity index (χ1n) is 11.3. The molecule has 0 aromatic carbocycles. The largest absolute Gasteiger partial charge is 0.376 e. The van der Waals surface area contributed by atoms with Gasteiger partial charge in [0.05, 0.1) is 18.8 Å². The van der Waals surface area contributed by atoms with Crippen molar-refractivity contribution in [2.45, 2.75) is 70.5 Å². The van der Waals surface area contributed by atoms with Gasteiger partial charge in [0.2, 0.25) is 0 Å². The highest BCUT2D eigenvalue weighted by atomic mass is 16.5. The molecule has 3 heterocycles. The van der Waals surface area contributed by atoms with Gasteiger partial charge in [0.1, 0.15) is 0 Å². The molecule has 6 nitrogen and oxygen atoms in total. The first-order chi connectivity index (χ1) is 13.3. The van der Waals surface area contributed by atoms with E-state index >= 15 is 0 Å². The van der Waals surface area contributed by atoms with E-state index < -0.39 is 0 Å². The molecular formula is C21H40N4O2. The molecular weight excluding hydrogens is 340 g/mol. The Hall–Kier alpha value is -0.850. The summed E-state index contributed by atoms with van der Waals surface area (Å²) >= 11 is 0. The zero-order valence-corrected chi connectivity index (χ0v) is 17.3. The number of hydrogen-bond donors (Lipinski definition) is 1. The molecule has 1 unspecified atom stereocenters. The van der Waals surface area contributed by atoms with E-state index in [4.69, 9.17) is 14.5 Å². The molecule has 0 saturated carbocycles. The normalized spacial score (nSPS) is 25.9. The van der Waals surface area contributed by atoms with Crippen LogP contribution in [0.2, 0.25) is 0 Å². The number of nitrogens with one attached hydrogen (secondary N) is 1. The Labute approximate surface area is 165 Å². The van der Waals surface area contributed by atoms with Crippen LogP contribution in [0.3, 0.4) is 0 Å². The summed E-state index contributed by atoms with van der Waals surface area (Å²) in [5.41, 5.74) is 0. The molecule has 0 aliphatic carbocycles. The maximum atomic E-state index is 6.15. The Bertz CT molecular complexity index is 426. The monoisotopic (exact) mass is 380 g/mol. The molecule has 3 fully saturated rings. The quantitative estimate of drug-likeness (QED) is 0.398. The summed E-state index contributed by atoms with van der Waals surface area (Å²) in [5, 5.41) is 3.48. The van der Waals surface area contributed by atoms with Gasteiger partial charge in [-0.1, -0.05) is 0 Å². The van der Waals surface area contributed by atoms with E-state index in [0.717, 1.165) is 71.0 Å². The van der Waals surface area contributed by atoms with Gasteiger partial charge in [0.25, 0.3) is 0 Å². The Balaban J connectivity index is 1.34. The number of guanidine groups is 1. The predicted octanol–water partition coefficient (Wildman–Crippen LogP) is 2.49. The highest BCUT2D eigenvalue weighted by molar-refractivity contribution is 5.80. The fraction of sp³-hybridized carbons (Fsp3) is 0.952. The summed E-state index contributed by atoms with van der Waals surface area (Å²) < 4.78 is 11.9. The molecule has 3 rings (SSSR count). The molecule has 0 spiro atoms. The lowest BCUT2D eigenvalue weighted by Crippen LogP contribution is -2.47. The number of piperidine rings is 1. The van der Waals surface area contributed by atoms with E-state index in [1.807, 2.05) is 0 Å². The van der Waals surface area contributed by atoms with Crippen molar-refractivity contribution in [3.63, 3.8) is 0 Å². The third-order valence-electron chi connectivity index (χ3n) is 5.96. The Morgan fingerprint density at radius 1 is 1.07 bits per heavy atom. The Morgan fingerprint density at radius 3 is 2.59 bits per heavy atom. The van der Waals surface area contributed by atoms with Crippen LogP contribution >= 0.6 is 0 Å². The van der Waals surface area contributed by atoms with Crippen molar-refractivity contribution in [2.24, 2.45) is 4.99 Å². The highest BCUT2D eigenvalue weighted by Crippen LogP contribution is 2.18. The van der Waals surface area contributed by atoms with Gasteiger partial charge < -0.3 is 24.6 Å². The van der Waals surface area contributed by atoms with Gasteiger partial charge >= 0.3 is 0 Å². The number of hydrogen-bond acceptors (Lipinski definition) is 4. The van der Waals surface area contributed by atoms with Crippen LogP contribution in [-0.2, 0) is 9.47 Å². The molecule has 1 atom stereocenters. The molecule has 0 aromatic heterocycles. The second-order valence-corrected chi connectivity index (χ2v) is 8.15. The van der Waals surface area contributed by atoms with E-state index in [9.17, 15) is 0 Å². The minimum atomic E-state index is 0.325. The van der Waals surface area contributed by atoms with Crippen molar-refractivity contribution in [3.05, 3.63) is 0 Å². The van der Waals surface area contributed by atoms with Crippen LogP contribution in [0.5, 0.6) is 0 Å². The zero-order chi connectivity index (χ0) is 18.7. The zero-order valence-electron chi connectivity index (χ0n) is 17.3. The van der Waals surface area contributed by atoms with Crippen molar-refractivity contribution < 1.29 is 9.47 Å².